The number of carbonyl (C=O) groups excluding carboxylic acids is 2. The summed E-state index contributed by atoms with van der Waals surface area (Å²) in [5, 5.41) is 40.2. The molecule has 0 aliphatic rings. The van der Waals surface area contributed by atoms with Crippen molar-refractivity contribution in [2.45, 2.75) is 166 Å². The monoisotopic (exact) mass is 922 g/mol. The maximum Gasteiger partial charge on any atom is 0.472 e. The van der Waals surface area contributed by atoms with Crippen molar-refractivity contribution in [3.63, 3.8) is 0 Å². The van der Waals surface area contributed by atoms with Crippen molar-refractivity contribution in [1.29, 1.82) is 0 Å². The van der Waals surface area contributed by atoms with Gasteiger partial charge in [-0.2, -0.15) is 0 Å². The van der Waals surface area contributed by atoms with Gasteiger partial charge in [-0.1, -0.05) is 138 Å². The highest BCUT2D eigenvalue weighted by molar-refractivity contribution is 7.47. The van der Waals surface area contributed by atoms with Gasteiger partial charge in [0.1, 0.15) is 12.7 Å². The smallest absolute Gasteiger partial charge is 0.462 e. The molecule has 0 spiro atoms. The van der Waals surface area contributed by atoms with Crippen LogP contribution in [0.25, 0.3) is 0 Å². The number of esters is 2. The molecule has 0 aromatic heterocycles. The Morgan fingerprint density at radius 2 is 1.13 bits per heavy atom. The zero-order valence-electron chi connectivity index (χ0n) is 36.8. The molecule has 0 amide bonds. The fourth-order valence-corrected chi connectivity index (χ4v) is 6.60. The lowest BCUT2D eigenvalue weighted by Crippen LogP contribution is -2.30. The maximum absolute atomic E-state index is 12.7. The second kappa shape index (κ2) is 38.9. The molecule has 62 heavy (non-hydrogen) atoms. The van der Waals surface area contributed by atoms with Crippen LogP contribution in [0, 0.1) is 0 Å². The van der Waals surface area contributed by atoms with E-state index in [2.05, 4.69) is 28.1 Å². The van der Waals surface area contributed by atoms with E-state index in [1.165, 1.54) is 31.8 Å². The Labute approximate surface area is 369 Å². The average Bonchev–Trinajstić information content (AvgIpc) is 3.22. The zero-order chi connectivity index (χ0) is 46.3. The third-order valence-electron chi connectivity index (χ3n) is 8.91. The van der Waals surface area contributed by atoms with Crippen LogP contribution in [0.15, 0.2) is 72.9 Å². The molecule has 0 radical (unpaired) electrons. The summed E-state index contributed by atoms with van der Waals surface area (Å²) in [5.41, 5.74) is 0. The van der Waals surface area contributed by atoms with E-state index in [9.17, 15) is 44.0 Å². The molecule has 6 atom stereocenters. The first-order valence-corrected chi connectivity index (χ1v) is 25.0. The summed E-state index contributed by atoms with van der Waals surface area (Å²) in [5.74, 6) is -1.37. The summed E-state index contributed by atoms with van der Waals surface area (Å²) in [6.45, 7) is 1.15. The SMILES string of the molecule is CC/C=C\C[C@@H](O)/C=C/C=C/C=C\C=C/[C@H](O)[C@@H](O)CCCC(=O)OC[C@H](COP(=O)(O)OC[C@@H](O)COP(=O)(O)O)OC(=O)CCCCCCCCC/C=C\CCCCCC. The Hall–Kier alpha value is -2.56. The van der Waals surface area contributed by atoms with E-state index in [0.29, 0.717) is 12.8 Å². The number of unbranched alkanes of at least 4 members (excludes halogenated alkanes) is 11. The van der Waals surface area contributed by atoms with Crippen LogP contribution in [0.3, 0.4) is 0 Å². The molecule has 0 bridgehead atoms. The van der Waals surface area contributed by atoms with Gasteiger partial charge in [-0.25, -0.2) is 9.13 Å². The number of aliphatic hydroxyl groups is 4. The lowest BCUT2D eigenvalue weighted by Gasteiger charge is -2.20. The molecule has 0 aromatic rings. The molecule has 0 heterocycles. The van der Waals surface area contributed by atoms with Crippen LogP contribution in [0.5, 0.6) is 0 Å². The molecular formula is C44H76O16P2. The Morgan fingerprint density at radius 3 is 1.76 bits per heavy atom. The molecule has 0 rings (SSSR count). The van der Waals surface area contributed by atoms with Crippen LogP contribution in [-0.4, -0.2) is 104 Å². The van der Waals surface area contributed by atoms with E-state index in [1.54, 1.807) is 42.5 Å². The molecule has 18 heteroatoms. The zero-order valence-corrected chi connectivity index (χ0v) is 38.6. The van der Waals surface area contributed by atoms with E-state index < -0.39 is 84.5 Å². The number of hydrogen-bond donors (Lipinski definition) is 7. The van der Waals surface area contributed by atoms with Crippen LogP contribution in [-0.2, 0) is 41.8 Å². The average molecular weight is 923 g/mol. The molecule has 0 aromatic carbocycles. The largest absolute Gasteiger partial charge is 0.472 e. The normalized spacial score (nSPS) is 16.2. The lowest BCUT2D eigenvalue weighted by atomic mass is 10.1. The van der Waals surface area contributed by atoms with Crippen molar-refractivity contribution in [2.24, 2.45) is 0 Å². The minimum atomic E-state index is -4.90. The standard InChI is InChI=1S/C44H76O16P2/c1-3-5-7-8-9-10-11-12-13-14-15-16-17-22-26-32-44(50)60-40(37-59-62(54,55)58-35-39(46)34-57-61(51,52)53)36-56-43(49)33-27-31-42(48)41(47)30-25-21-19-18-20-24-29-38(45)28-23-6-4-2/h6,10-11,18-21,23-25,29-30,38-42,45-48H,3-5,7-9,12-17,22,26-28,31-37H2,1-2H3,(H,54,55)(H2,51,52,53)/b11-10-,20-18+,21-19-,23-6-,29-24+,30-25-/t38-,39+,40-,41+,42+/m1/s1. The van der Waals surface area contributed by atoms with Crippen molar-refractivity contribution in [3.05, 3.63) is 72.9 Å². The lowest BCUT2D eigenvalue weighted by molar-refractivity contribution is -0.161. The van der Waals surface area contributed by atoms with Crippen LogP contribution >= 0.6 is 15.6 Å². The van der Waals surface area contributed by atoms with Gasteiger partial charge < -0.3 is 44.6 Å². The van der Waals surface area contributed by atoms with Crippen molar-refractivity contribution in [2.75, 3.05) is 26.4 Å². The molecule has 358 valence electrons. The van der Waals surface area contributed by atoms with Gasteiger partial charge in [-0.05, 0) is 57.8 Å². The molecule has 0 aliphatic heterocycles. The number of aliphatic hydroxyl groups excluding tert-OH is 4. The van der Waals surface area contributed by atoms with Gasteiger partial charge in [0, 0.05) is 12.8 Å². The second-order valence-electron chi connectivity index (χ2n) is 14.8. The highest BCUT2D eigenvalue weighted by Gasteiger charge is 2.28. The molecule has 1 unspecified atom stereocenters. The van der Waals surface area contributed by atoms with E-state index in [0.717, 1.165) is 57.8 Å². The first-order valence-electron chi connectivity index (χ1n) is 22.0. The fourth-order valence-electron chi connectivity index (χ4n) is 5.45. The van der Waals surface area contributed by atoms with E-state index in [-0.39, 0.29) is 25.7 Å². The molecule has 0 saturated heterocycles. The summed E-state index contributed by atoms with van der Waals surface area (Å²) in [7, 11) is -9.80. The highest BCUT2D eigenvalue weighted by Crippen LogP contribution is 2.43. The number of ether oxygens (including phenoxy) is 2. The van der Waals surface area contributed by atoms with Gasteiger partial charge in [0.15, 0.2) is 6.10 Å². The van der Waals surface area contributed by atoms with Gasteiger partial charge in [0.05, 0.1) is 38.1 Å². The molecule has 0 fully saturated rings. The van der Waals surface area contributed by atoms with Gasteiger partial charge in [0.2, 0.25) is 0 Å². The summed E-state index contributed by atoms with van der Waals surface area (Å²) in [4.78, 5) is 52.7. The Balaban J connectivity index is 4.84. The number of carbonyl (C=O) groups is 2. The van der Waals surface area contributed by atoms with Crippen LogP contribution in [0.2, 0.25) is 0 Å². The van der Waals surface area contributed by atoms with E-state index in [4.69, 9.17) is 23.8 Å². The molecule has 7 N–H and O–H groups in total. The van der Waals surface area contributed by atoms with Gasteiger partial charge in [-0.3, -0.25) is 23.2 Å². The summed E-state index contributed by atoms with van der Waals surface area (Å²) in [6.07, 6.45) is 31.2. The van der Waals surface area contributed by atoms with Gasteiger partial charge in [0.25, 0.3) is 0 Å². The maximum atomic E-state index is 12.7. The van der Waals surface area contributed by atoms with Crippen LogP contribution in [0.1, 0.15) is 136 Å². The van der Waals surface area contributed by atoms with Crippen LogP contribution in [0.4, 0.5) is 0 Å². The predicted molar refractivity (Wildman–Crippen MR) is 239 cm³/mol. The Morgan fingerprint density at radius 1 is 0.581 bits per heavy atom. The van der Waals surface area contributed by atoms with Crippen molar-refractivity contribution in [1.82, 2.24) is 0 Å². The van der Waals surface area contributed by atoms with Gasteiger partial charge >= 0.3 is 27.6 Å². The molecule has 0 saturated carbocycles. The number of hydrogen-bond acceptors (Lipinski definition) is 13. The number of allylic oxidation sites excluding steroid dienone is 9. The van der Waals surface area contributed by atoms with Crippen LogP contribution < -0.4 is 0 Å². The summed E-state index contributed by atoms with van der Waals surface area (Å²) < 4.78 is 47.5. The molecule has 16 nitrogen and oxygen atoms in total. The highest BCUT2D eigenvalue weighted by atomic mass is 31.2. The minimum Gasteiger partial charge on any atom is -0.462 e. The van der Waals surface area contributed by atoms with Gasteiger partial charge in [-0.15, -0.1) is 0 Å². The first-order chi connectivity index (χ1) is 29.6. The topological polar surface area (TPSA) is 256 Å². The number of phosphoric acid groups is 2. The summed E-state index contributed by atoms with van der Waals surface area (Å²) in [6, 6.07) is 0. The summed E-state index contributed by atoms with van der Waals surface area (Å²) >= 11 is 0. The number of rotatable bonds is 40. The minimum absolute atomic E-state index is 0.0491. The predicted octanol–water partition coefficient (Wildman–Crippen LogP) is 7.92. The second-order valence-corrected chi connectivity index (χ2v) is 17.5. The molecule has 0 aliphatic carbocycles. The van der Waals surface area contributed by atoms with Crippen molar-refractivity contribution >= 4 is 27.6 Å². The third-order valence-corrected chi connectivity index (χ3v) is 10.3. The molecular weight excluding hydrogens is 846 g/mol. The quantitative estimate of drug-likeness (QED) is 0.0101. The Kier molecular flexibility index (Phi) is 37.3. The first kappa shape index (κ1) is 59.4. The van der Waals surface area contributed by atoms with E-state index >= 15 is 0 Å². The van der Waals surface area contributed by atoms with Crippen molar-refractivity contribution < 1.29 is 76.9 Å². The Bertz CT molecular complexity index is 1420. The fraction of sp³-hybridized carbons (Fsp3) is 0.682. The van der Waals surface area contributed by atoms with E-state index in [1.807, 2.05) is 19.1 Å². The van der Waals surface area contributed by atoms with Crippen molar-refractivity contribution in [3.8, 4) is 0 Å². The number of phosphoric ester groups is 2. The third kappa shape index (κ3) is 40.2.